The predicted molar refractivity (Wildman–Crippen MR) is 68.3 cm³/mol. The maximum atomic E-state index is 5.18. The van der Waals surface area contributed by atoms with Crippen LogP contribution >= 0.6 is 0 Å². The minimum Gasteiger partial charge on any atom is -0.481 e. The second-order valence-electron chi connectivity index (χ2n) is 3.98. The second-order valence-corrected chi connectivity index (χ2v) is 3.98. The topological polar surface area (TPSA) is 25.4 Å². The molecule has 0 N–H and O–H groups in total. The van der Waals surface area contributed by atoms with E-state index in [0.717, 1.165) is 31.7 Å². The molecule has 16 heavy (non-hydrogen) atoms. The predicted octanol–water partition coefficient (Wildman–Crippen LogP) is 3.03. The summed E-state index contributed by atoms with van der Waals surface area (Å²) in [6, 6.07) is 3.98. The minimum absolute atomic E-state index is 0.692. The highest BCUT2D eigenvalue weighted by Crippen LogP contribution is 2.21. The van der Waals surface area contributed by atoms with Crippen LogP contribution in [0.3, 0.4) is 0 Å². The summed E-state index contributed by atoms with van der Waals surface area (Å²) in [5.74, 6) is 1.75. The van der Waals surface area contributed by atoms with Crippen molar-refractivity contribution in [2.45, 2.75) is 33.6 Å². The molecule has 0 aliphatic heterocycles. The van der Waals surface area contributed by atoms with Crippen LogP contribution in [-0.2, 0) is 0 Å². The van der Waals surface area contributed by atoms with Gasteiger partial charge in [0.25, 0.3) is 0 Å². The van der Waals surface area contributed by atoms with Gasteiger partial charge in [-0.05, 0) is 25.3 Å². The number of ether oxygens (including phenoxy) is 1. The minimum atomic E-state index is 0.692. The van der Waals surface area contributed by atoms with Crippen LogP contribution in [0.5, 0.6) is 5.88 Å². The fraction of sp³-hybridized carbons (Fsp3) is 0.615. The summed E-state index contributed by atoms with van der Waals surface area (Å²) in [4.78, 5) is 6.86. The summed E-state index contributed by atoms with van der Waals surface area (Å²) in [6.07, 6.45) is 2.27. The van der Waals surface area contributed by atoms with Gasteiger partial charge in [0.2, 0.25) is 5.88 Å². The third-order valence-corrected chi connectivity index (χ3v) is 2.54. The number of aryl methyl sites for hydroxylation is 1. The molecule has 3 heteroatoms. The quantitative estimate of drug-likeness (QED) is 0.739. The zero-order valence-electron chi connectivity index (χ0n) is 10.8. The van der Waals surface area contributed by atoms with Gasteiger partial charge >= 0.3 is 0 Å². The molecule has 90 valence electrons. The maximum absolute atomic E-state index is 5.18. The third kappa shape index (κ3) is 3.12. The summed E-state index contributed by atoms with van der Waals surface area (Å²) < 4.78 is 5.18. The van der Waals surface area contributed by atoms with Crippen LogP contribution in [0, 0.1) is 6.92 Å². The first-order valence-electron chi connectivity index (χ1n) is 5.99. The molecule has 0 amide bonds. The highest BCUT2D eigenvalue weighted by molar-refractivity contribution is 5.48. The van der Waals surface area contributed by atoms with E-state index in [2.05, 4.69) is 36.7 Å². The average molecular weight is 222 g/mol. The van der Waals surface area contributed by atoms with Gasteiger partial charge in [-0.25, -0.2) is 0 Å². The van der Waals surface area contributed by atoms with E-state index < -0.39 is 0 Å². The van der Waals surface area contributed by atoms with E-state index >= 15 is 0 Å². The van der Waals surface area contributed by atoms with Crippen molar-refractivity contribution in [2.75, 3.05) is 25.1 Å². The zero-order valence-corrected chi connectivity index (χ0v) is 10.8. The Balaban J connectivity index is 2.96. The van der Waals surface area contributed by atoms with Crippen molar-refractivity contribution in [1.29, 1.82) is 0 Å². The SMILES string of the molecule is CCCN(CCC)c1nc(OC)ccc1C. The lowest BCUT2D eigenvalue weighted by molar-refractivity contribution is 0.397. The Morgan fingerprint density at radius 1 is 1.19 bits per heavy atom. The molecule has 3 nitrogen and oxygen atoms in total. The van der Waals surface area contributed by atoms with Crippen LogP contribution in [0.4, 0.5) is 5.82 Å². The van der Waals surface area contributed by atoms with Crippen molar-refractivity contribution < 1.29 is 4.74 Å². The van der Waals surface area contributed by atoms with E-state index in [1.165, 1.54) is 5.56 Å². The summed E-state index contributed by atoms with van der Waals surface area (Å²) in [5.41, 5.74) is 1.21. The summed E-state index contributed by atoms with van der Waals surface area (Å²) in [5, 5.41) is 0. The highest BCUT2D eigenvalue weighted by Gasteiger charge is 2.10. The number of aromatic nitrogens is 1. The monoisotopic (exact) mass is 222 g/mol. The van der Waals surface area contributed by atoms with Crippen molar-refractivity contribution in [3.8, 4) is 5.88 Å². The highest BCUT2D eigenvalue weighted by atomic mass is 16.5. The zero-order chi connectivity index (χ0) is 12.0. The summed E-state index contributed by atoms with van der Waals surface area (Å²) in [7, 11) is 1.66. The van der Waals surface area contributed by atoms with E-state index in [-0.39, 0.29) is 0 Å². The Morgan fingerprint density at radius 2 is 1.81 bits per heavy atom. The van der Waals surface area contributed by atoms with Crippen LogP contribution in [0.1, 0.15) is 32.3 Å². The first-order valence-corrected chi connectivity index (χ1v) is 5.99. The molecule has 0 fully saturated rings. The van der Waals surface area contributed by atoms with E-state index in [1.807, 2.05) is 6.07 Å². The molecular weight excluding hydrogens is 200 g/mol. The molecule has 1 aromatic rings. The smallest absolute Gasteiger partial charge is 0.214 e. The third-order valence-electron chi connectivity index (χ3n) is 2.54. The van der Waals surface area contributed by atoms with E-state index in [0.29, 0.717) is 5.88 Å². The van der Waals surface area contributed by atoms with Crippen molar-refractivity contribution in [2.24, 2.45) is 0 Å². The van der Waals surface area contributed by atoms with Crippen molar-refractivity contribution in [1.82, 2.24) is 4.98 Å². The van der Waals surface area contributed by atoms with Gasteiger partial charge in [0.15, 0.2) is 0 Å². The van der Waals surface area contributed by atoms with Gasteiger partial charge in [-0.2, -0.15) is 4.98 Å². The molecule has 0 unspecified atom stereocenters. The van der Waals surface area contributed by atoms with Gasteiger partial charge in [0.1, 0.15) is 5.82 Å². The Morgan fingerprint density at radius 3 is 2.31 bits per heavy atom. The van der Waals surface area contributed by atoms with E-state index in [4.69, 9.17) is 4.74 Å². The number of methoxy groups -OCH3 is 1. The molecular formula is C13H22N2O. The van der Waals surface area contributed by atoms with Crippen molar-refractivity contribution >= 4 is 5.82 Å². The molecule has 0 aromatic carbocycles. The standard InChI is InChI=1S/C13H22N2O/c1-5-9-15(10-6-2)13-11(3)7-8-12(14-13)16-4/h7-8H,5-6,9-10H2,1-4H3. The van der Waals surface area contributed by atoms with E-state index in [9.17, 15) is 0 Å². The number of hydrogen-bond acceptors (Lipinski definition) is 3. The number of hydrogen-bond donors (Lipinski definition) is 0. The van der Waals surface area contributed by atoms with E-state index in [1.54, 1.807) is 7.11 Å². The first-order chi connectivity index (χ1) is 7.72. The van der Waals surface area contributed by atoms with Gasteiger partial charge in [-0.1, -0.05) is 19.9 Å². The Bertz CT molecular complexity index is 320. The second kappa shape index (κ2) is 6.36. The lowest BCUT2D eigenvalue weighted by Crippen LogP contribution is -2.26. The van der Waals surface area contributed by atoms with Gasteiger partial charge < -0.3 is 9.64 Å². The van der Waals surface area contributed by atoms with Crippen molar-refractivity contribution in [3.05, 3.63) is 17.7 Å². The number of pyridine rings is 1. The molecule has 1 heterocycles. The van der Waals surface area contributed by atoms with Crippen LogP contribution in [0.2, 0.25) is 0 Å². The van der Waals surface area contributed by atoms with Crippen LogP contribution in [0.25, 0.3) is 0 Å². The average Bonchev–Trinajstić information content (AvgIpc) is 2.29. The molecule has 0 aliphatic carbocycles. The van der Waals surface area contributed by atoms with Crippen LogP contribution in [-0.4, -0.2) is 25.2 Å². The molecule has 0 radical (unpaired) electrons. The first kappa shape index (κ1) is 12.8. The lowest BCUT2D eigenvalue weighted by Gasteiger charge is -2.24. The Labute approximate surface area is 98.4 Å². The number of anilines is 1. The van der Waals surface area contributed by atoms with Gasteiger partial charge in [0.05, 0.1) is 7.11 Å². The van der Waals surface area contributed by atoms with Crippen LogP contribution < -0.4 is 9.64 Å². The molecule has 0 saturated heterocycles. The van der Waals surface area contributed by atoms with Gasteiger partial charge in [-0.15, -0.1) is 0 Å². The van der Waals surface area contributed by atoms with Gasteiger partial charge in [0, 0.05) is 19.2 Å². The largest absolute Gasteiger partial charge is 0.481 e. The maximum Gasteiger partial charge on any atom is 0.214 e. The lowest BCUT2D eigenvalue weighted by atomic mass is 10.2. The molecule has 1 aromatic heterocycles. The molecule has 0 spiro atoms. The Hall–Kier alpha value is -1.25. The Kier molecular flexibility index (Phi) is 5.09. The van der Waals surface area contributed by atoms with Crippen LogP contribution in [0.15, 0.2) is 12.1 Å². The van der Waals surface area contributed by atoms with Crippen molar-refractivity contribution in [3.63, 3.8) is 0 Å². The summed E-state index contributed by atoms with van der Waals surface area (Å²) in [6.45, 7) is 8.58. The fourth-order valence-corrected chi connectivity index (χ4v) is 1.80. The summed E-state index contributed by atoms with van der Waals surface area (Å²) >= 11 is 0. The molecule has 1 rings (SSSR count). The fourth-order valence-electron chi connectivity index (χ4n) is 1.80. The molecule has 0 bridgehead atoms. The normalized spacial score (nSPS) is 10.2. The number of rotatable bonds is 6. The van der Waals surface area contributed by atoms with Gasteiger partial charge in [-0.3, -0.25) is 0 Å². The number of nitrogens with zero attached hydrogens (tertiary/aromatic N) is 2. The molecule has 0 atom stereocenters. The molecule has 0 saturated carbocycles. The molecule has 0 aliphatic rings.